The van der Waals surface area contributed by atoms with E-state index in [0.29, 0.717) is 11.3 Å². The van der Waals surface area contributed by atoms with E-state index in [-0.39, 0.29) is 84.6 Å². The molecule has 0 spiro atoms. The van der Waals surface area contributed by atoms with Crippen molar-refractivity contribution in [2.24, 2.45) is 5.16 Å². The van der Waals surface area contributed by atoms with Crippen LogP contribution in [-0.2, 0) is 14.4 Å². The molecule has 0 radical (unpaired) electrons. The summed E-state index contributed by atoms with van der Waals surface area (Å²) in [5, 5.41) is 24.9. The zero-order chi connectivity index (χ0) is 19.0. The number of carbonyl (C=O) groups is 3. The number of nitrogens with one attached hydrogen (secondary N) is 1. The summed E-state index contributed by atoms with van der Waals surface area (Å²) < 4.78 is 0. The summed E-state index contributed by atoms with van der Waals surface area (Å²) in [5.74, 6) is -2.27. The van der Waals surface area contributed by atoms with Gasteiger partial charge in [0.2, 0.25) is 0 Å². The Bertz CT molecular complexity index is 887. The molecule has 29 heavy (non-hydrogen) atoms. The fourth-order valence-electron chi connectivity index (χ4n) is 2.62. The number of allylic oxidation sites excluding steroid dienone is 1. The Balaban J connectivity index is 0.00000261. The van der Waals surface area contributed by atoms with E-state index in [1.165, 1.54) is 23.2 Å². The van der Waals surface area contributed by atoms with Crippen LogP contribution in [0.15, 0.2) is 34.5 Å². The Morgan fingerprint density at radius 3 is 2.59 bits per heavy atom. The van der Waals surface area contributed by atoms with Gasteiger partial charge in [-0.15, -0.1) is 23.1 Å². The van der Waals surface area contributed by atoms with Gasteiger partial charge in [-0.25, -0.2) is 9.78 Å². The van der Waals surface area contributed by atoms with Crippen LogP contribution in [0.25, 0.3) is 0 Å². The fourth-order valence-corrected chi connectivity index (χ4v) is 4.51. The minimum atomic E-state index is -1.24. The quantitative estimate of drug-likeness (QED) is 0.118. The van der Waals surface area contributed by atoms with Gasteiger partial charge in [0, 0.05) is 11.1 Å². The number of carboxylic acids is 1. The molecule has 1 saturated heterocycles. The second kappa shape index (κ2) is 11.2. The Morgan fingerprint density at radius 2 is 2.10 bits per heavy atom. The molecule has 0 bridgehead atoms. The summed E-state index contributed by atoms with van der Waals surface area (Å²) in [6.45, 7) is 3.56. The molecule has 1 aromatic rings. The molecule has 0 unspecified atom stereocenters. The molecule has 2 atom stereocenters. The molecule has 3 rings (SSSR count). The molecule has 0 saturated carbocycles. The van der Waals surface area contributed by atoms with Gasteiger partial charge in [-0.05, 0) is 5.57 Å². The van der Waals surface area contributed by atoms with Gasteiger partial charge in [0.1, 0.15) is 22.8 Å². The number of nitrogens with two attached hydrogens (primary N) is 1. The van der Waals surface area contributed by atoms with Gasteiger partial charge in [0.15, 0.2) is 10.8 Å². The molecule has 9 N–H and O–H groups in total. The number of thiazole rings is 1. The second-order valence-corrected chi connectivity index (χ2v) is 7.26. The van der Waals surface area contributed by atoms with Gasteiger partial charge in [-0.3, -0.25) is 14.5 Å². The van der Waals surface area contributed by atoms with E-state index in [0.717, 1.165) is 16.2 Å². The number of rotatable bonds is 5. The van der Waals surface area contributed by atoms with E-state index >= 15 is 0 Å². The van der Waals surface area contributed by atoms with Crippen molar-refractivity contribution in [3.05, 3.63) is 35.0 Å². The number of anilines is 1. The normalized spacial score (nSPS) is 20.2. The van der Waals surface area contributed by atoms with Crippen LogP contribution < -0.4 is 11.1 Å². The Morgan fingerprint density at radius 1 is 1.45 bits per heavy atom. The van der Waals surface area contributed by atoms with Crippen molar-refractivity contribution in [2.75, 3.05) is 11.5 Å². The minimum absolute atomic E-state index is 0. The number of oxime groups is 1. The maximum absolute atomic E-state index is 12.4. The van der Waals surface area contributed by atoms with Gasteiger partial charge in [0.25, 0.3) is 11.8 Å². The van der Waals surface area contributed by atoms with Crippen LogP contribution in [0.2, 0.25) is 0 Å². The average molecular weight is 472 g/mol. The summed E-state index contributed by atoms with van der Waals surface area (Å²) in [6.07, 6.45) is 1.40. The van der Waals surface area contributed by atoms with Crippen LogP contribution in [0.1, 0.15) is 5.69 Å². The summed E-state index contributed by atoms with van der Waals surface area (Å²) in [7, 11) is 0. The van der Waals surface area contributed by atoms with Gasteiger partial charge in [-0.2, -0.15) is 0 Å². The van der Waals surface area contributed by atoms with Crippen molar-refractivity contribution in [1.82, 2.24) is 15.2 Å². The number of thioether (sulfide) groups is 1. The topological polar surface area (TPSA) is 221 Å². The van der Waals surface area contributed by atoms with Crippen LogP contribution in [0.4, 0.5) is 5.13 Å². The van der Waals surface area contributed by atoms with E-state index in [9.17, 15) is 19.5 Å². The number of carbonyl (C=O) groups excluding carboxylic acids is 2. The number of aromatic nitrogens is 1. The number of hydrogen-bond acceptors (Lipinski definition) is 9. The van der Waals surface area contributed by atoms with Crippen molar-refractivity contribution >= 4 is 103 Å². The number of amides is 2. The number of nitrogen functional groups attached to an aromatic ring is 1. The monoisotopic (exact) mass is 471 g/mol. The SMILES string of the molecule is C=CC1=C(C(=O)O)N2C(=O)[C@@H](NC(=O)/C(=N\O)c3csc(N)n3)[C@H]2SC1.O.O.[KH]. The zero-order valence-corrected chi connectivity index (χ0v) is 15.7. The summed E-state index contributed by atoms with van der Waals surface area (Å²) in [4.78, 5) is 41.2. The second-order valence-electron chi connectivity index (χ2n) is 5.26. The number of fused-ring (bicyclic) bond motifs is 1. The number of hydrogen-bond donors (Lipinski definition) is 4. The van der Waals surface area contributed by atoms with Crippen molar-refractivity contribution in [1.29, 1.82) is 0 Å². The molecule has 154 valence electrons. The molecule has 0 aromatic carbocycles. The fraction of sp³-hybridized carbons (Fsp3) is 0.214. The predicted molar refractivity (Wildman–Crippen MR) is 109 cm³/mol. The number of nitrogens with zero attached hydrogens (tertiary/aromatic N) is 3. The summed E-state index contributed by atoms with van der Waals surface area (Å²) in [6, 6.07) is -0.944. The van der Waals surface area contributed by atoms with Crippen molar-refractivity contribution in [2.45, 2.75) is 11.4 Å². The van der Waals surface area contributed by atoms with Crippen LogP contribution in [0.5, 0.6) is 0 Å². The first-order valence-corrected chi connectivity index (χ1v) is 9.09. The zero-order valence-electron chi connectivity index (χ0n) is 14.1. The van der Waals surface area contributed by atoms with Gasteiger partial charge < -0.3 is 32.3 Å². The summed E-state index contributed by atoms with van der Waals surface area (Å²) >= 11 is 2.37. The molecule has 3 heterocycles. The maximum atomic E-state index is 12.4. The van der Waals surface area contributed by atoms with Crippen LogP contribution >= 0.6 is 23.1 Å². The molecule has 2 aliphatic rings. The standard InChI is InChI=1S/C14H13N5O5S2.K.2H2O.H/c1-2-5-3-25-12-8(11(21)19(12)9(5)13(22)23)17-10(20)7(18-24)6-4-26-14(15)16-6;;;;/h2,4,8,12,24H,1,3H2,(H2,15,16)(H,17,20)(H,22,23);;2*1H2;/b18-7-;;;;/t8-,12-;;;;/m1..../s1. The van der Waals surface area contributed by atoms with E-state index in [1.807, 2.05) is 0 Å². The first kappa shape index (κ1) is 27.7. The molecule has 1 fully saturated rings. The van der Waals surface area contributed by atoms with Crippen LogP contribution in [-0.4, -0.2) is 123 Å². The third kappa shape index (κ3) is 5.07. The van der Waals surface area contributed by atoms with Crippen molar-refractivity contribution < 1.29 is 35.6 Å². The molecular weight excluding hydrogens is 453 g/mol. The Labute approximate surface area is 214 Å². The molecule has 0 aliphatic carbocycles. The molecule has 15 heteroatoms. The Hall–Kier alpha value is -1.30. The molecule has 12 nitrogen and oxygen atoms in total. The van der Waals surface area contributed by atoms with Gasteiger partial charge in [0.05, 0.1) is 0 Å². The van der Waals surface area contributed by atoms with Gasteiger partial charge in [-0.1, -0.05) is 17.8 Å². The third-order valence-corrected chi connectivity index (χ3v) is 5.79. The number of carboxylic acid groups (broad SMARTS) is 1. The van der Waals surface area contributed by atoms with Crippen molar-refractivity contribution in [3.63, 3.8) is 0 Å². The molecular formula is C14H18KN5O7S2. The third-order valence-electron chi connectivity index (χ3n) is 3.81. The summed E-state index contributed by atoms with van der Waals surface area (Å²) in [5.41, 5.74) is 5.49. The predicted octanol–water partition coefficient (Wildman–Crippen LogP) is -2.47. The van der Waals surface area contributed by atoms with E-state index in [4.69, 9.17) is 10.9 Å². The number of β-lactam (4-membered cyclic amide) rings is 1. The first-order valence-electron chi connectivity index (χ1n) is 7.16. The van der Waals surface area contributed by atoms with Crippen LogP contribution in [0, 0.1) is 0 Å². The average Bonchev–Trinajstić information content (AvgIpc) is 3.04. The first-order chi connectivity index (χ1) is 12.4. The Kier molecular flexibility index (Phi) is 10.7. The molecule has 2 aliphatic heterocycles. The van der Waals surface area contributed by atoms with Crippen LogP contribution in [0.3, 0.4) is 0 Å². The van der Waals surface area contributed by atoms with E-state index in [1.54, 1.807) is 0 Å². The van der Waals surface area contributed by atoms with E-state index in [2.05, 4.69) is 22.0 Å². The van der Waals surface area contributed by atoms with Crippen molar-refractivity contribution in [3.8, 4) is 0 Å². The molecule has 2 amide bonds. The molecule has 1 aromatic heterocycles. The number of aliphatic carboxylic acids is 1. The van der Waals surface area contributed by atoms with E-state index < -0.39 is 29.2 Å². The van der Waals surface area contributed by atoms with Gasteiger partial charge >= 0.3 is 57.4 Å².